The van der Waals surface area contributed by atoms with E-state index in [1.54, 1.807) is 6.07 Å². The lowest BCUT2D eigenvalue weighted by Gasteiger charge is -2.13. The van der Waals surface area contributed by atoms with Crippen molar-refractivity contribution in [3.05, 3.63) is 29.3 Å². The normalized spacial score (nSPS) is 11.1. The van der Waals surface area contributed by atoms with Crippen LogP contribution in [0, 0.1) is 0 Å². The molecule has 100 valence electrons. The van der Waals surface area contributed by atoms with Gasteiger partial charge >= 0.3 is 10.2 Å². The third-order valence-corrected chi connectivity index (χ3v) is 3.53. The number of nitrogens with one attached hydrogen (secondary N) is 2. The van der Waals surface area contributed by atoms with Gasteiger partial charge in [0.05, 0.1) is 5.69 Å². The molecule has 1 aromatic rings. The van der Waals surface area contributed by atoms with Gasteiger partial charge in [-0.1, -0.05) is 26.0 Å². The molecule has 18 heavy (non-hydrogen) atoms. The first-order valence-electron chi connectivity index (χ1n) is 5.81. The molecule has 0 bridgehead atoms. The summed E-state index contributed by atoms with van der Waals surface area (Å²) < 4.78 is 27.5. The fourth-order valence-electron chi connectivity index (χ4n) is 1.61. The van der Waals surface area contributed by atoms with Crippen LogP contribution in [0.1, 0.15) is 31.9 Å². The molecule has 0 saturated carbocycles. The first-order chi connectivity index (χ1) is 8.38. The molecular formula is C12H18N2O3S. The molecule has 1 aromatic carbocycles. The minimum Gasteiger partial charge on any atom is -0.274 e. The minimum atomic E-state index is -3.84. The molecule has 0 aliphatic carbocycles. The summed E-state index contributed by atoms with van der Waals surface area (Å²) in [6.45, 7) is 5.09. The Morgan fingerprint density at radius 2 is 1.89 bits per heavy atom. The largest absolute Gasteiger partial charge is 0.323 e. The van der Waals surface area contributed by atoms with E-state index >= 15 is 0 Å². The Bertz CT molecular complexity index is 538. The quantitative estimate of drug-likeness (QED) is 0.853. The summed E-state index contributed by atoms with van der Waals surface area (Å²) in [4.78, 5) is 10.8. The van der Waals surface area contributed by atoms with Gasteiger partial charge in [0.2, 0.25) is 5.91 Å². The zero-order valence-corrected chi connectivity index (χ0v) is 11.6. The Morgan fingerprint density at radius 3 is 2.39 bits per heavy atom. The average molecular weight is 270 g/mol. The van der Waals surface area contributed by atoms with E-state index < -0.39 is 16.1 Å². The maximum absolute atomic E-state index is 11.6. The van der Waals surface area contributed by atoms with Gasteiger partial charge in [-0.15, -0.1) is 0 Å². The number of carbonyl (C=O) groups excluding carboxylic acids is 1. The van der Waals surface area contributed by atoms with Crippen molar-refractivity contribution in [3.63, 3.8) is 0 Å². The second kappa shape index (κ2) is 5.86. The van der Waals surface area contributed by atoms with Crippen molar-refractivity contribution in [1.82, 2.24) is 4.72 Å². The summed E-state index contributed by atoms with van der Waals surface area (Å²) in [5.74, 6) is -0.618. The maximum Gasteiger partial charge on any atom is 0.323 e. The first kappa shape index (κ1) is 14.5. The number of rotatable bonds is 5. The molecule has 2 N–H and O–H groups in total. The van der Waals surface area contributed by atoms with Gasteiger partial charge in [-0.25, -0.2) is 4.72 Å². The van der Waals surface area contributed by atoms with Gasteiger partial charge in [-0.05, 0) is 30.0 Å². The van der Waals surface area contributed by atoms with E-state index in [1.807, 2.05) is 30.7 Å². The second-order valence-electron chi connectivity index (χ2n) is 3.96. The van der Waals surface area contributed by atoms with Crippen molar-refractivity contribution in [2.45, 2.75) is 33.6 Å². The zero-order chi connectivity index (χ0) is 13.8. The van der Waals surface area contributed by atoms with E-state index in [9.17, 15) is 13.2 Å². The van der Waals surface area contributed by atoms with E-state index in [0.29, 0.717) is 12.1 Å². The summed E-state index contributed by atoms with van der Waals surface area (Å²) in [6, 6.07) is 5.65. The molecule has 0 atom stereocenters. The summed E-state index contributed by atoms with van der Waals surface area (Å²) in [5.41, 5.74) is 2.44. The fourth-order valence-corrected chi connectivity index (χ4v) is 2.52. The number of hydrogen-bond acceptors (Lipinski definition) is 3. The van der Waals surface area contributed by atoms with Crippen LogP contribution in [0.4, 0.5) is 5.69 Å². The lowest BCUT2D eigenvalue weighted by atomic mass is 10.1. The van der Waals surface area contributed by atoms with Gasteiger partial charge < -0.3 is 0 Å². The molecule has 0 aliphatic rings. The lowest BCUT2D eigenvalue weighted by molar-refractivity contribution is -0.117. The standard InChI is InChI=1S/C12H18N2O3S/c1-4-10-6-7-11(5-2)12(8-10)14-18(16,17)13-9(3)15/h6-8,14H,4-5H2,1-3H3,(H,13,15). The smallest absolute Gasteiger partial charge is 0.274 e. The van der Waals surface area contributed by atoms with Gasteiger partial charge in [0.25, 0.3) is 0 Å². The molecule has 0 saturated heterocycles. The summed E-state index contributed by atoms with van der Waals surface area (Å²) in [7, 11) is -3.84. The molecule has 0 aromatic heterocycles. The Hall–Kier alpha value is -1.56. The molecule has 0 radical (unpaired) electrons. The van der Waals surface area contributed by atoms with E-state index in [2.05, 4.69) is 4.72 Å². The van der Waals surface area contributed by atoms with Crippen LogP contribution in [0.3, 0.4) is 0 Å². The highest BCUT2D eigenvalue weighted by molar-refractivity contribution is 7.91. The summed E-state index contributed by atoms with van der Waals surface area (Å²) in [5, 5.41) is 0. The van der Waals surface area contributed by atoms with Crippen molar-refractivity contribution in [1.29, 1.82) is 0 Å². The topological polar surface area (TPSA) is 75.3 Å². The van der Waals surface area contributed by atoms with Crippen LogP contribution in [-0.4, -0.2) is 14.3 Å². The van der Waals surface area contributed by atoms with Crippen molar-refractivity contribution in [3.8, 4) is 0 Å². The highest BCUT2D eigenvalue weighted by Crippen LogP contribution is 2.19. The van der Waals surface area contributed by atoms with Crippen LogP contribution < -0.4 is 9.44 Å². The SMILES string of the molecule is CCc1ccc(CC)c(NS(=O)(=O)NC(C)=O)c1. The van der Waals surface area contributed by atoms with Gasteiger partial charge in [0.15, 0.2) is 0 Å². The number of benzene rings is 1. The number of anilines is 1. The first-order valence-corrected chi connectivity index (χ1v) is 7.29. The van der Waals surface area contributed by atoms with Crippen LogP contribution in [-0.2, 0) is 27.8 Å². The van der Waals surface area contributed by atoms with E-state index in [4.69, 9.17) is 0 Å². The Kier molecular flexibility index (Phi) is 4.72. The van der Waals surface area contributed by atoms with Gasteiger partial charge in [-0.3, -0.25) is 9.52 Å². The minimum absolute atomic E-state index is 0.519. The van der Waals surface area contributed by atoms with Crippen molar-refractivity contribution in [2.24, 2.45) is 0 Å². The Morgan fingerprint density at radius 1 is 1.22 bits per heavy atom. The number of amides is 1. The molecule has 1 amide bonds. The van der Waals surface area contributed by atoms with Gasteiger partial charge in [0.1, 0.15) is 0 Å². The number of carbonyl (C=O) groups is 1. The molecule has 0 heterocycles. The van der Waals surface area contributed by atoms with Crippen LogP contribution in [0.25, 0.3) is 0 Å². The molecule has 0 spiro atoms. The van der Waals surface area contributed by atoms with Crippen LogP contribution in [0.15, 0.2) is 18.2 Å². The molecule has 5 nitrogen and oxygen atoms in total. The van der Waals surface area contributed by atoms with E-state index in [-0.39, 0.29) is 0 Å². The molecular weight excluding hydrogens is 252 g/mol. The third-order valence-electron chi connectivity index (χ3n) is 2.49. The van der Waals surface area contributed by atoms with Crippen LogP contribution in [0.2, 0.25) is 0 Å². The lowest BCUT2D eigenvalue weighted by Crippen LogP contribution is -2.33. The van der Waals surface area contributed by atoms with Gasteiger partial charge in [0, 0.05) is 6.92 Å². The zero-order valence-electron chi connectivity index (χ0n) is 10.8. The van der Waals surface area contributed by atoms with E-state index in [1.165, 1.54) is 0 Å². The maximum atomic E-state index is 11.6. The van der Waals surface area contributed by atoms with Crippen LogP contribution in [0.5, 0.6) is 0 Å². The monoisotopic (exact) mass is 270 g/mol. The highest BCUT2D eigenvalue weighted by atomic mass is 32.2. The Balaban J connectivity index is 3.05. The fraction of sp³-hybridized carbons (Fsp3) is 0.417. The van der Waals surface area contributed by atoms with Gasteiger partial charge in [-0.2, -0.15) is 8.42 Å². The van der Waals surface area contributed by atoms with Crippen molar-refractivity contribution < 1.29 is 13.2 Å². The van der Waals surface area contributed by atoms with Crippen molar-refractivity contribution in [2.75, 3.05) is 4.72 Å². The van der Waals surface area contributed by atoms with Crippen molar-refractivity contribution >= 4 is 21.8 Å². The highest BCUT2D eigenvalue weighted by Gasteiger charge is 2.13. The molecule has 0 fully saturated rings. The second-order valence-corrected chi connectivity index (χ2v) is 5.38. The summed E-state index contributed by atoms with van der Waals surface area (Å²) >= 11 is 0. The Labute approximate surface area is 108 Å². The average Bonchev–Trinajstić information content (AvgIpc) is 2.26. The molecule has 1 rings (SSSR count). The predicted molar refractivity (Wildman–Crippen MR) is 71.6 cm³/mol. The number of aryl methyl sites for hydroxylation is 2. The predicted octanol–water partition coefficient (Wildman–Crippen LogP) is 1.60. The number of hydrogen-bond donors (Lipinski definition) is 2. The molecule has 6 heteroatoms. The van der Waals surface area contributed by atoms with E-state index in [0.717, 1.165) is 24.5 Å². The summed E-state index contributed by atoms with van der Waals surface area (Å²) in [6.07, 6.45) is 1.53. The third kappa shape index (κ3) is 4.03. The van der Waals surface area contributed by atoms with Crippen LogP contribution >= 0.6 is 0 Å². The molecule has 0 aliphatic heterocycles. The molecule has 0 unspecified atom stereocenters.